The number of aromatic nitrogens is 1. The van der Waals surface area contributed by atoms with Gasteiger partial charge in [-0.15, -0.1) is 11.3 Å². The third kappa shape index (κ3) is 2.68. The lowest BCUT2D eigenvalue weighted by atomic mass is 10.1. The Kier molecular flexibility index (Phi) is 3.36. The van der Waals surface area contributed by atoms with Gasteiger partial charge in [0, 0.05) is 27.3 Å². The Hall–Kier alpha value is -1.20. The van der Waals surface area contributed by atoms with Crippen LogP contribution in [0.1, 0.15) is 15.4 Å². The Morgan fingerprint density at radius 2 is 2.25 bits per heavy atom. The molecule has 0 aliphatic heterocycles. The molecule has 5 heteroatoms. The first-order valence-corrected chi connectivity index (χ1v) is 6.30. The van der Waals surface area contributed by atoms with E-state index in [-0.39, 0.29) is 5.78 Å². The first-order valence-electron chi connectivity index (χ1n) is 4.63. The van der Waals surface area contributed by atoms with Crippen molar-refractivity contribution in [3.8, 4) is 0 Å². The maximum absolute atomic E-state index is 11.9. The molecule has 0 aliphatic carbocycles. The molecule has 0 fully saturated rings. The van der Waals surface area contributed by atoms with Crippen molar-refractivity contribution in [1.82, 2.24) is 4.98 Å². The van der Waals surface area contributed by atoms with Crippen LogP contribution in [0, 0.1) is 0 Å². The minimum atomic E-state index is 0.0305. The van der Waals surface area contributed by atoms with Crippen LogP contribution in [0.2, 0.25) is 0 Å². The highest BCUT2D eigenvalue weighted by Gasteiger charge is 2.09. The van der Waals surface area contributed by atoms with E-state index >= 15 is 0 Å². The zero-order valence-electron chi connectivity index (χ0n) is 8.31. The average Bonchev–Trinajstić information content (AvgIpc) is 2.68. The average molecular weight is 297 g/mol. The largest absolute Gasteiger partial charge is 0.399 e. The second kappa shape index (κ2) is 4.76. The lowest BCUT2D eigenvalue weighted by molar-refractivity contribution is 0.0993. The molecule has 0 bridgehead atoms. The number of nitrogens with zero attached hydrogens (tertiary/aromatic N) is 1. The molecular formula is C11H9BrN2OS. The minimum absolute atomic E-state index is 0.0305. The Morgan fingerprint density at radius 3 is 2.88 bits per heavy atom. The Morgan fingerprint density at radius 1 is 1.44 bits per heavy atom. The van der Waals surface area contributed by atoms with E-state index in [9.17, 15) is 4.79 Å². The molecule has 0 atom stereocenters. The maximum atomic E-state index is 11.9. The summed E-state index contributed by atoms with van der Waals surface area (Å²) < 4.78 is 0.815. The normalized spacial score (nSPS) is 10.3. The Labute approximate surface area is 105 Å². The number of benzene rings is 1. The van der Waals surface area contributed by atoms with Gasteiger partial charge in [-0.3, -0.25) is 4.79 Å². The lowest BCUT2D eigenvalue weighted by Gasteiger charge is -2.02. The summed E-state index contributed by atoms with van der Waals surface area (Å²) in [6.45, 7) is 0. The van der Waals surface area contributed by atoms with E-state index in [1.807, 2.05) is 5.38 Å². The molecule has 16 heavy (non-hydrogen) atoms. The fourth-order valence-corrected chi connectivity index (χ4v) is 2.48. The van der Waals surface area contributed by atoms with Crippen molar-refractivity contribution in [3.63, 3.8) is 0 Å². The van der Waals surface area contributed by atoms with E-state index in [0.29, 0.717) is 17.7 Å². The first-order chi connectivity index (χ1) is 7.65. The number of ketones is 1. The van der Waals surface area contributed by atoms with Crippen LogP contribution >= 0.6 is 27.3 Å². The summed E-state index contributed by atoms with van der Waals surface area (Å²) in [5.41, 5.74) is 6.87. The number of halogens is 1. The predicted octanol–water partition coefficient (Wildman–Crippen LogP) is 2.91. The summed E-state index contributed by atoms with van der Waals surface area (Å²) in [5.74, 6) is 0.0305. The van der Waals surface area contributed by atoms with Crippen molar-refractivity contribution in [2.24, 2.45) is 0 Å². The third-order valence-electron chi connectivity index (χ3n) is 2.04. The van der Waals surface area contributed by atoms with Gasteiger partial charge in [-0.1, -0.05) is 15.9 Å². The summed E-state index contributed by atoms with van der Waals surface area (Å²) in [4.78, 5) is 16.0. The maximum Gasteiger partial charge on any atom is 0.169 e. The molecule has 0 aliphatic rings. The van der Waals surface area contributed by atoms with Gasteiger partial charge >= 0.3 is 0 Å². The van der Waals surface area contributed by atoms with Crippen molar-refractivity contribution in [2.45, 2.75) is 6.42 Å². The van der Waals surface area contributed by atoms with Crippen LogP contribution in [0.4, 0.5) is 5.69 Å². The van der Waals surface area contributed by atoms with Gasteiger partial charge in [-0.25, -0.2) is 4.98 Å². The molecule has 0 saturated carbocycles. The third-order valence-corrected chi connectivity index (χ3v) is 3.27. The number of hydrogen-bond acceptors (Lipinski definition) is 4. The molecule has 1 heterocycles. The Bertz CT molecular complexity index is 490. The number of carbonyl (C=O) groups excluding carboxylic acids is 1. The molecule has 3 nitrogen and oxygen atoms in total. The van der Waals surface area contributed by atoms with Gasteiger partial charge in [0.25, 0.3) is 0 Å². The number of carbonyl (C=O) groups is 1. The molecule has 2 aromatic rings. The molecule has 0 spiro atoms. The first kappa shape index (κ1) is 11.3. The van der Waals surface area contributed by atoms with Gasteiger partial charge in [-0.05, 0) is 18.2 Å². The second-order valence-electron chi connectivity index (χ2n) is 3.30. The van der Waals surface area contributed by atoms with E-state index in [0.717, 1.165) is 9.48 Å². The molecule has 1 aromatic heterocycles. The zero-order valence-corrected chi connectivity index (χ0v) is 10.7. The van der Waals surface area contributed by atoms with Crippen molar-refractivity contribution in [3.05, 3.63) is 44.8 Å². The minimum Gasteiger partial charge on any atom is -0.399 e. The van der Waals surface area contributed by atoms with E-state index < -0.39 is 0 Å². The van der Waals surface area contributed by atoms with Crippen molar-refractivity contribution >= 4 is 38.7 Å². The number of anilines is 1. The molecule has 0 radical (unpaired) electrons. The molecular weight excluding hydrogens is 288 g/mol. The number of Topliss-reactive ketones (excluding diaryl/α,β-unsaturated/α-hetero) is 1. The predicted molar refractivity (Wildman–Crippen MR) is 68.7 cm³/mol. The molecule has 0 unspecified atom stereocenters. The van der Waals surface area contributed by atoms with Crippen LogP contribution in [0.5, 0.6) is 0 Å². The van der Waals surface area contributed by atoms with Gasteiger partial charge in [0.15, 0.2) is 5.78 Å². The van der Waals surface area contributed by atoms with E-state index in [1.165, 1.54) is 11.3 Å². The van der Waals surface area contributed by atoms with E-state index in [2.05, 4.69) is 20.9 Å². The van der Waals surface area contributed by atoms with E-state index in [1.54, 1.807) is 24.4 Å². The van der Waals surface area contributed by atoms with Gasteiger partial charge in [0.2, 0.25) is 0 Å². The van der Waals surface area contributed by atoms with Crippen LogP contribution in [0.3, 0.4) is 0 Å². The lowest BCUT2D eigenvalue weighted by Crippen LogP contribution is -2.04. The van der Waals surface area contributed by atoms with Crippen LogP contribution in [-0.2, 0) is 6.42 Å². The molecule has 2 rings (SSSR count). The number of hydrogen-bond donors (Lipinski definition) is 1. The second-order valence-corrected chi connectivity index (χ2v) is 5.19. The topological polar surface area (TPSA) is 56.0 Å². The monoisotopic (exact) mass is 296 g/mol. The molecule has 1 aromatic carbocycles. The van der Waals surface area contributed by atoms with Gasteiger partial charge in [0.1, 0.15) is 5.01 Å². The molecule has 82 valence electrons. The zero-order chi connectivity index (χ0) is 11.5. The number of nitrogen functional groups attached to an aromatic ring is 1. The summed E-state index contributed by atoms with van der Waals surface area (Å²) in [6, 6.07) is 5.22. The van der Waals surface area contributed by atoms with Crippen molar-refractivity contribution in [2.75, 3.05) is 5.73 Å². The van der Waals surface area contributed by atoms with Crippen molar-refractivity contribution in [1.29, 1.82) is 0 Å². The van der Waals surface area contributed by atoms with Crippen LogP contribution in [-0.4, -0.2) is 10.8 Å². The van der Waals surface area contributed by atoms with Crippen LogP contribution < -0.4 is 5.73 Å². The van der Waals surface area contributed by atoms with Gasteiger partial charge < -0.3 is 5.73 Å². The number of nitrogens with two attached hydrogens (primary N) is 1. The molecule has 0 amide bonds. The summed E-state index contributed by atoms with van der Waals surface area (Å²) >= 11 is 4.79. The summed E-state index contributed by atoms with van der Waals surface area (Å²) in [6.07, 6.45) is 2.02. The number of rotatable bonds is 3. The standard InChI is InChI=1S/C11H9BrN2OS/c12-8-3-7(4-9(13)5-8)10(15)6-11-14-1-2-16-11/h1-5H,6,13H2. The van der Waals surface area contributed by atoms with E-state index in [4.69, 9.17) is 5.73 Å². The van der Waals surface area contributed by atoms with Crippen LogP contribution in [0.25, 0.3) is 0 Å². The smallest absolute Gasteiger partial charge is 0.169 e. The van der Waals surface area contributed by atoms with Gasteiger partial charge in [0.05, 0.1) is 6.42 Å². The van der Waals surface area contributed by atoms with Crippen LogP contribution in [0.15, 0.2) is 34.2 Å². The molecule has 2 N–H and O–H groups in total. The fraction of sp³-hybridized carbons (Fsp3) is 0.0909. The summed E-state index contributed by atoms with van der Waals surface area (Å²) in [5, 5.41) is 2.68. The number of thiazole rings is 1. The highest BCUT2D eigenvalue weighted by molar-refractivity contribution is 9.10. The van der Waals surface area contributed by atoms with Crippen molar-refractivity contribution < 1.29 is 4.79 Å². The highest BCUT2D eigenvalue weighted by atomic mass is 79.9. The SMILES string of the molecule is Nc1cc(Br)cc(C(=O)Cc2nccs2)c1. The summed E-state index contributed by atoms with van der Waals surface area (Å²) in [7, 11) is 0. The Balaban J connectivity index is 2.21. The fourth-order valence-electron chi connectivity index (χ4n) is 1.35. The molecule has 0 saturated heterocycles. The quantitative estimate of drug-likeness (QED) is 0.700. The highest BCUT2D eigenvalue weighted by Crippen LogP contribution is 2.19. The van der Waals surface area contributed by atoms with Gasteiger partial charge in [-0.2, -0.15) is 0 Å².